The second kappa shape index (κ2) is 7.80. The van der Waals surface area contributed by atoms with Gasteiger partial charge in [0.25, 0.3) is 0 Å². The fourth-order valence-electron chi connectivity index (χ4n) is 5.97. The lowest BCUT2D eigenvalue weighted by molar-refractivity contribution is -0.137. The van der Waals surface area contributed by atoms with E-state index in [2.05, 4.69) is 15.0 Å². The summed E-state index contributed by atoms with van der Waals surface area (Å²) in [4.78, 5) is 6.25. The number of halogens is 3. The molecule has 2 aliphatic heterocycles. The van der Waals surface area contributed by atoms with Crippen LogP contribution in [0.5, 0.6) is 0 Å². The van der Waals surface area contributed by atoms with Crippen LogP contribution < -0.4 is 0 Å². The average molecular weight is 483 g/mol. The average Bonchev–Trinajstić information content (AvgIpc) is 3.44. The van der Waals surface area contributed by atoms with E-state index < -0.39 is 21.6 Å². The van der Waals surface area contributed by atoms with E-state index in [1.807, 2.05) is 24.6 Å². The highest BCUT2D eigenvalue weighted by molar-refractivity contribution is 7.92. The Morgan fingerprint density at radius 2 is 1.91 bits per heavy atom. The summed E-state index contributed by atoms with van der Waals surface area (Å²) in [6.45, 7) is 5.85. The summed E-state index contributed by atoms with van der Waals surface area (Å²) in [5.41, 5.74) is 1.12. The van der Waals surface area contributed by atoms with E-state index in [0.717, 1.165) is 56.7 Å². The van der Waals surface area contributed by atoms with Gasteiger partial charge < -0.3 is 0 Å². The highest BCUT2D eigenvalue weighted by Gasteiger charge is 2.53. The summed E-state index contributed by atoms with van der Waals surface area (Å²) in [5.74, 6) is 0.918. The summed E-state index contributed by atoms with van der Waals surface area (Å²) in [6.07, 6.45) is 1.76. The van der Waals surface area contributed by atoms with Gasteiger partial charge in [0.2, 0.25) is 0 Å². The van der Waals surface area contributed by atoms with Crippen LogP contribution in [-0.2, 0) is 16.0 Å². The minimum absolute atomic E-state index is 0.0414. The number of aromatic nitrogens is 3. The Kier molecular flexibility index (Phi) is 5.39. The van der Waals surface area contributed by atoms with Crippen molar-refractivity contribution in [2.75, 3.05) is 24.6 Å². The Labute approximate surface area is 192 Å². The highest BCUT2D eigenvalue weighted by atomic mass is 32.2. The molecule has 0 amide bonds. The van der Waals surface area contributed by atoms with Crippen molar-refractivity contribution in [2.24, 2.45) is 5.41 Å². The number of nitrogens with zero attached hydrogens (tertiary/aromatic N) is 4. The molecule has 180 valence electrons. The highest BCUT2D eigenvalue weighted by Crippen LogP contribution is 2.46. The molecule has 1 spiro atoms. The molecular formula is C23H29F3N4O2S. The summed E-state index contributed by atoms with van der Waals surface area (Å²) in [7, 11) is -2.84. The van der Waals surface area contributed by atoms with Gasteiger partial charge >= 0.3 is 6.18 Å². The van der Waals surface area contributed by atoms with Gasteiger partial charge in [0.05, 0.1) is 22.8 Å². The quantitative estimate of drug-likeness (QED) is 0.650. The Morgan fingerprint density at radius 3 is 2.58 bits per heavy atom. The van der Waals surface area contributed by atoms with Crippen molar-refractivity contribution in [3.63, 3.8) is 0 Å². The smallest absolute Gasteiger partial charge is 0.300 e. The molecule has 6 nitrogen and oxygen atoms in total. The van der Waals surface area contributed by atoms with Crippen molar-refractivity contribution < 1.29 is 21.6 Å². The van der Waals surface area contributed by atoms with E-state index in [1.54, 1.807) is 0 Å². The number of likely N-dealkylation sites (tertiary alicyclic amines) is 1. The van der Waals surface area contributed by atoms with Gasteiger partial charge in [-0.2, -0.15) is 18.3 Å². The maximum Gasteiger partial charge on any atom is 0.417 e. The topological polar surface area (TPSA) is 68.1 Å². The van der Waals surface area contributed by atoms with Gasteiger partial charge in [-0.05, 0) is 58.2 Å². The lowest BCUT2D eigenvalue weighted by atomic mass is 9.91. The van der Waals surface area contributed by atoms with Crippen LogP contribution in [0.2, 0.25) is 0 Å². The third-order valence-corrected chi connectivity index (χ3v) is 9.58. The van der Waals surface area contributed by atoms with Crippen LogP contribution in [0.15, 0.2) is 24.5 Å². The molecule has 1 aliphatic carbocycles. The number of rotatable bonds is 4. The molecular weight excluding hydrogens is 453 g/mol. The van der Waals surface area contributed by atoms with Crippen LogP contribution in [0.1, 0.15) is 62.7 Å². The van der Waals surface area contributed by atoms with Gasteiger partial charge in [-0.15, -0.1) is 0 Å². The lowest BCUT2D eigenvalue weighted by Gasteiger charge is -2.38. The number of hydrogen-bond donors (Lipinski definition) is 0. The zero-order valence-electron chi connectivity index (χ0n) is 18.8. The van der Waals surface area contributed by atoms with E-state index in [9.17, 15) is 21.6 Å². The normalized spacial score (nSPS) is 26.8. The molecule has 0 N–H and O–H groups in total. The van der Waals surface area contributed by atoms with Crippen LogP contribution in [0.4, 0.5) is 13.2 Å². The fourth-order valence-corrected chi connectivity index (χ4v) is 8.22. The molecule has 2 aromatic rings. The predicted molar refractivity (Wildman–Crippen MR) is 119 cm³/mol. The molecule has 3 aliphatic rings. The summed E-state index contributed by atoms with van der Waals surface area (Å²) < 4.78 is 64.8. The number of pyridine rings is 1. The first-order valence-electron chi connectivity index (χ1n) is 11.5. The van der Waals surface area contributed by atoms with Crippen LogP contribution in [0.3, 0.4) is 0 Å². The molecule has 3 fully saturated rings. The molecule has 5 rings (SSSR count). The molecule has 2 unspecified atom stereocenters. The molecule has 2 aromatic heterocycles. The largest absolute Gasteiger partial charge is 0.417 e. The van der Waals surface area contributed by atoms with Crippen LogP contribution >= 0.6 is 0 Å². The van der Waals surface area contributed by atoms with Gasteiger partial charge in [-0.25, -0.2) is 8.42 Å². The molecule has 2 atom stereocenters. The van der Waals surface area contributed by atoms with Crippen LogP contribution in [0.25, 0.3) is 11.3 Å². The van der Waals surface area contributed by atoms with Gasteiger partial charge in [0.15, 0.2) is 9.84 Å². The Bertz CT molecular complexity index is 1150. The van der Waals surface area contributed by atoms with E-state index in [0.29, 0.717) is 28.8 Å². The second-order valence-corrected chi connectivity index (χ2v) is 12.4. The number of alkyl halides is 3. The van der Waals surface area contributed by atoms with E-state index in [1.165, 1.54) is 6.20 Å². The molecule has 2 saturated heterocycles. The Hall–Kier alpha value is -1.94. The van der Waals surface area contributed by atoms with E-state index in [-0.39, 0.29) is 17.4 Å². The Morgan fingerprint density at radius 1 is 1.15 bits per heavy atom. The zero-order chi connectivity index (χ0) is 23.6. The van der Waals surface area contributed by atoms with Gasteiger partial charge in [-0.3, -0.25) is 14.6 Å². The maximum absolute atomic E-state index is 13.2. The molecule has 10 heteroatoms. The molecule has 0 radical (unpaired) electrons. The Balaban J connectivity index is 1.34. The van der Waals surface area contributed by atoms with Crippen molar-refractivity contribution in [1.29, 1.82) is 0 Å². The summed E-state index contributed by atoms with van der Waals surface area (Å²) in [5, 5.41) is 4.66. The standard InChI is InChI=1S/C23H29F3N4O2S/c1-15(2)30-21(9-20(28-30)17-7-18(11-27-10-17)23(24,25)26)16-3-4-19(8-16)29-6-5-22(12-29)13-33(31,32)14-22/h7,9-11,15-16,19H,3-6,8,12-14H2,1-2H3. The molecule has 1 saturated carbocycles. The summed E-state index contributed by atoms with van der Waals surface area (Å²) >= 11 is 0. The van der Waals surface area contributed by atoms with Crippen molar-refractivity contribution in [2.45, 2.75) is 63.7 Å². The second-order valence-electron chi connectivity index (χ2n) is 10.4. The molecule has 33 heavy (non-hydrogen) atoms. The first-order chi connectivity index (χ1) is 15.4. The third-order valence-electron chi connectivity index (χ3n) is 7.47. The predicted octanol–water partition coefficient (Wildman–Crippen LogP) is 4.30. The van der Waals surface area contributed by atoms with Crippen LogP contribution in [-0.4, -0.2) is 58.7 Å². The molecule has 0 aromatic carbocycles. The summed E-state index contributed by atoms with van der Waals surface area (Å²) in [6, 6.07) is 3.53. The van der Waals surface area contributed by atoms with E-state index in [4.69, 9.17) is 0 Å². The first kappa shape index (κ1) is 22.8. The van der Waals surface area contributed by atoms with Crippen LogP contribution in [0, 0.1) is 5.41 Å². The van der Waals surface area contributed by atoms with Crippen molar-refractivity contribution in [3.8, 4) is 11.3 Å². The SMILES string of the molecule is CC(C)n1nc(-c2cncc(C(F)(F)F)c2)cc1C1CCC(N2CCC3(C2)CS(=O)(=O)C3)C1. The molecule has 0 bridgehead atoms. The van der Waals surface area contributed by atoms with Crippen molar-refractivity contribution in [1.82, 2.24) is 19.7 Å². The number of sulfone groups is 1. The first-order valence-corrected chi connectivity index (χ1v) is 13.3. The van der Waals surface area contributed by atoms with Gasteiger partial charge in [0.1, 0.15) is 0 Å². The minimum atomic E-state index is -4.45. The monoisotopic (exact) mass is 482 g/mol. The van der Waals surface area contributed by atoms with E-state index >= 15 is 0 Å². The third kappa shape index (κ3) is 4.32. The number of hydrogen-bond acceptors (Lipinski definition) is 5. The van der Waals surface area contributed by atoms with Gasteiger partial charge in [0, 0.05) is 53.6 Å². The lowest BCUT2D eigenvalue weighted by Crippen LogP contribution is -2.50. The zero-order valence-corrected chi connectivity index (χ0v) is 19.7. The fraction of sp³-hybridized carbons (Fsp3) is 0.652. The van der Waals surface area contributed by atoms with Gasteiger partial charge in [-0.1, -0.05) is 0 Å². The maximum atomic E-state index is 13.2. The van der Waals surface area contributed by atoms with Crippen molar-refractivity contribution in [3.05, 3.63) is 35.8 Å². The van der Waals surface area contributed by atoms with Crippen molar-refractivity contribution >= 4 is 9.84 Å². The minimum Gasteiger partial charge on any atom is -0.300 e. The molecule has 4 heterocycles.